The number of carbonyl (C=O) groups excluding carboxylic acids is 2. The highest BCUT2D eigenvalue weighted by Crippen LogP contribution is 2.44. The van der Waals surface area contributed by atoms with Crippen LogP contribution < -0.4 is 14.4 Å². The Morgan fingerprint density at radius 1 is 0.917 bits per heavy atom. The minimum atomic E-state index is -4.72. The molecule has 10 heteroatoms. The van der Waals surface area contributed by atoms with Crippen LogP contribution in [0.25, 0.3) is 5.76 Å². The molecule has 1 N–H and O–H groups in total. The molecule has 36 heavy (non-hydrogen) atoms. The van der Waals surface area contributed by atoms with Gasteiger partial charge in [0.05, 0.1) is 17.2 Å². The summed E-state index contributed by atoms with van der Waals surface area (Å²) in [5, 5.41) is 11.2. The SMILES string of the molecule is O=C1C(=O)N(c2cccc(C(F)(F)F)c2)C(c2ccccc2F)/C1=C(\O)c1ccc2c(c1)OCCO2. The quantitative estimate of drug-likeness (QED) is 0.231. The number of Topliss-reactive ketones (excluding diaryl/α,β-unsaturated/α-hetero) is 1. The first kappa shape index (κ1) is 23.4. The number of benzene rings is 3. The number of anilines is 1. The zero-order valence-electron chi connectivity index (χ0n) is 18.4. The third kappa shape index (κ3) is 3.94. The normalized spacial score (nSPS) is 19.0. The highest BCUT2D eigenvalue weighted by atomic mass is 19.4. The monoisotopic (exact) mass is 499 g/mol. The van der Waals surface area contributed by atoms with Gasteiger partial charge in [-0.05, 0) is 42.5 Å². The van der Waals surface area contributed by atoms with Crippen molar-refractivity contribution in [2.75, 3.05) is 18.1 Å². The van der Waals surface area contributed by atoms with Crippen molar-refractivity contribution in [3.05, 3.63) is 94.8 Å². The number of alkyl halides is 3. The second kappa shape index (κ2) is 8.71. The molecule has 5 rings (SSSR count). The van der Waals surface area contributed by atoms with E-state index in [1.807, 2.05) is 0 Å². The first-order valence-corrected chi connectivity index (χ1v) is 10.8. The fourth-order valence-electron chi connectivity index (χ4n) is 4.27. The van der Waals surface area contributed by atoms with E-state index in [4.69, 9.17) is 9.47 Å². The Kier molecular flexibility index (Phi) is 5.66. The summed E-state index contributed by atoms with van der Waals surface area (Å²) < 4.78 is 66.0. The minimum Gasteiger partial charge on any atom is -0.507 e. The molecule has 2 aliphatic heterocycles. The highest BCUT2D eigenvalue weighted by molar-refractivity contribution is 6.51. The summed E-state index contributed by atoms with van der Waals surface area (Å²) >= 11 is 0. The summed E-state index contributed by atoms with van der Waals surface area (Å²) in [6.45, 7) is 0.583. The molecule has 1 atom stereocenters. The van der Waals surface area contributed by atoms with Gasteiger partial charge in [0, 0.05) is 16.8 Å². The summed E-state index contributed by atoms with van der Waals surface area (Å²) in [5.41, 5.74) is -1.89. The third-order valence-electron chi connectivity index (χ3n) is 5.91. The van der Waals surface area contributed by atoms with E-state index in [1.54, 1.807) is 0 Å². The van der Waals surface area contributed by atoms with E-state index >= 15 is 0 Å². The molecule has 2 aliphatic rings. The Bertz CT molecular complexity index is 1420. The number of halogens is 4. The number of aliphatic hydroxyl groups is 1. The van der Waals surface area contributed by atoms with Crippen molar-refractivity contribution in [2.45, 2.75) is 12.2 Å². The molecule has 184 valence electrons. The number of nitrogens with zero attached hydrogens (tertiary/aromatic N) is 1. The van der Waals surface area contributed by atoms with Gasteiger partial charge in [0.2, 0.25) is 0 Å². The summed E-state index contributed by atoms with van der Waals surface area (Å²) in [5.74, 6) is -3.12. The topological polar surface area (TPSA) is 76.1 Å². The van der Waals surface area contributed by atoms with Crippen molar-refractivity contribution in [3.8, 4) is 11.5 Å². The van der Waals surface area contributed by atoms with E-state index < -0.39 is 46.6 Å². The molecule has 1 unspecified atom stereocenters. The van der Waals surface area contributed by atoms with E-state index in [-0.39, 0.29) is 23.4 Å². The molecule has 3 aromatic carbocycles. The molecule has 0 radical (unpaired) electrons. The van der Waals surface area contributed by atoms with Crippen LogP contribution in [0.3, 0.4) is 0 Å². The van der Waals surface area contributed by atoms with E-state index in [9.17, 15) is 32.3 Å². The van der Waals surface area contributed by atoms with Gasteiger partial charge in [0.25, 0.3) is 11.7 Å². The third-order valence-corrected chi connectivity index (χ3v) is 5.91. The van der Waals surface area contributed by atoms with E-state index in [0.717, 1.165) is 23.1 Å². The number of amides is 1. The molecule has 0 spiro atoms. The fraction of sp³-hybridized carbons (Fsp3) is 0.154. The number of hydrogen-bond acceptors (Lipinski definition) is 5. The smallest absolute Gasteiger partial charge is 0.416 e. The van der Waals surface area contributed by atoms with Gasteiger partial charge in [-0.25, -0.2) is 4.39 Å². The lowest BCUT2D eigenvalue weighted by Crippen LogP contribution is -2.30. The first-order chi connectivity index (χ1) is 17.2. The molecular formula is C26H17F4NO5. The second-order valence-electron chi connectivity index (χ2n) is 8.10. The first-order valence-electron chi connectivity index (χ1n) is 10.8. The van der Waals surface area contributed by atoms with E-state index in [1.165, 1.54) is 42.5 Å². The zero-order chi connectivity index (χ0) is 25.6. The van der Waals surface area contributed by atoms with Gasteiger partial charge >= 0.3 is 6.18 Å². The Morgan fingerprint density at radius 3 is 2.36 bits per heavy atom. The Balaban J connectivity index is 1.71. The summed E-state index contributed by atoms with van der Waals surface area (Å²) in [6.07, 6.45) is -4.72. The Morgan fingerprint density at radius 2 is 1.64 bits per heavy atom. The van der Waals surface area contributed by atoms with Crippen molar-refractivity contribution >= 4 is 23.1 Å². The minimum absolute atomic E-state index is 0.0858. The van der Waals surface area contributed by atoms with Crippen molar-refractivity contribution in [2.24, 2.45) is 0 Å². The number of rotatable bonds is 3. The van der Waals surface area contributed by atoms with Crippen molar-refractivity contribution < 1.29 is 41.7 Å². The summed E-state index contributed by atoms with van der Waals surface area (Å²) in [6, 6.07) is 11.8. The molecule has 2 heterocycles. The highest BCUT2D eigenvalue weighted by Gasteiger charge is 2.48. The molecule has 3 aromatic rings. The standard InChI is InChI=1S/C26H17F4NO5/c27-18-7-2-1-6-17(18)22-21(23(32)14-8-9-19-20(12-14)36-11-10-35-19)24(33)25(34)31(22)16-5-3-4-15(13-16)26(28,29)30/h1-9,12-13,22,32H,10-11H2/b23-21+. The van der Waals surface area contributed by atoms with Crippen molar-refractivity contribution in [3.63, 3.8) is 0 Å². The second-order valence-corrected chi connectivity index (χ2v) is 8.10. The number of ketones is 1. The van der Waals surface area contributed by atoms with E-state index in [2.05, 4.69) is 0 Å². The maximum absolute atomic E-state index is 14.9. The molecule has 0 aromatic heterocycles. The fourth-order valence-corrected chi connectivity index (χ4v) is 4.27. The van der Waals surface area contributed by atoms with Crippen LogP contribution in [0.2, 0.25) is 0 Å². The molecule has 0 bridgehead atoms. The van der Waals surface area contributed by atoms with Gasteiger partial charge in [0.1, 0.15) is 24.8 Å². The number of fused-ring (bicyclic) bond motifs is 1. The molecule has 0 aliphatic carbocycles. The van der Waals surface area contributed by atoms with Gasteiger partial charge in [-0.2, -0.15) is 13.2 Å². The lowest BCUT2D eigenvalue weighted by Gasteiger charge is -2.26. The number of aliphatic hydroxyl groups excluding tert-OH is 1. The lowest BCUT2D eigenvalue weighted by molar-refractivity contribution is -0.137. The number of hydrogen-bond donors (Lipinski definition) is 1. The van der Waals surface area contributed by atoms with Crippen LogP contribution in [0.15, 0.2) is 72.3 Å². The van der Waals surface area contributed by atoms with E-state index in [0.29, 0.717) is 24.2 Å². The van der Waals surface area contributed by atoms with Crippen molar-refractivity contribution in [1.82, 2.24) is 0 Å². The molecular weight excluding hydrogens is 482 g/mol. The average Bonchev–Trinajstić information content (AvgIpc) is 3.13. The predicted molar refractivity (Wildman–Crippen MR) is 120 cm³/mol. The molecule has 1 saturated heterocycles. The number of carbonyl (C=O) groups is 2. The zero-order valence-corrected chi connectivity index (χ0v) is 18.4. The van der Waals surface area contributed by atoms with Gasteiger partial charge in [-0.1, -0.05) is 24.3 Å². The van der Waals surface area contributed by atoms with Crippen molar-refractivity contribution in [1.29, 1.82) is 0 Å². The number of ether oxygens (including phenoxy) is 2. The predicted octanol–water partition coefficient (Wildman–Crippen LogP) is 5.24. The Labute approximate surface area is 202 Å². The lowest BCUT2D eigenvalue weighted by atomic mass is 9.94. The van der Waals surface area contributed by atoms with Gasteiger partial charge < -0.3 is 14.6 Å². The molecule has 6 nitrogen and oxygen atoms in total. The van der Waals surface area contributed by atoms with Crippen LogP contribution in [0.4, 0.5) is 23.2 Å². The van der Waals surface area contributed by atoms with Crippen LogP contribution in [0.1, 0.15) is 22.7 Å². The van der Waals surface area contributed by atoms with Crippen LogP contribution >= 0.6 is 0 Å². The molecule has 0 saturated carbocycles. The van der Waals surface area contributed by atoms with Gasteiger partial charge in [0.15, 0.2) is 11.5 Å². The Hall–Kier alpha value is -4.34. The van der Waals surface area contributed by atoms with Crippen LogP contribution in [0.5, 0.6) is 11.5 Å². The van der Waals surface area contributed by atoms with Gasteiger partial charge in [-0.15, -0.1) is 0 Å². The molecule has 1 amide bonds. The average molecular weight is 499 g/mol. The molecule has 1 fully saturated rings. The summed E-state index contributed by atoms with van der Waals surface area (Å²) in [7, 11) is 0. The van der Waals surface area contributed by atoms with Crippen LogP contribution in [-0.2, 0) is 15.8 Å². The van der Waals surface area contributed by atoms with Gasteiger partial charge in [-0.3, -0.25) is 14.5 Å². The maximum Gasteiger partial charge on any atom is 0.416 e. The van der Waals surface area contributed by atoms with Crippen LogP contribution in [0, 0.1) is 5.82 Å². The summed E-state index contributed by atoms with van der Waals surface area (Å²) in [4.78, 5) is 27.0. The van der Waals surface area contributed by atoms with Crippen LogP contribution in [-0.4, -0.2) is 30.0 Å². The largest absolute Gasteiger partial charge is 0.507 e. The maximum atomic E-state index is 14.9.